The van der Waals surface area contributed by atoms with Gasteiger partial charge in [0.15, 0.2) is 0 Å². The number of benzene rings is 1. The highest BCUT2D eigenvalue weighted by atomic mass is 16.4. The van der Waals surface area contributed by atoms with Gasteiger partial charge in [-0.1, -0.05) is 29.8 Å². The van der Waals surface area contributed by atoms with Gasteiger partial charge < -0.3 is 20.3 Å². The molecule has 4 N–H and O–H groups in total. The zero-order valence-corrected chi connectivity index (χ0v) is 12.6. The van der Waals surface area contributed by atoms with Crippen molar-refractivity contribution in [1.82, 2.24) is 0 Å². The quantitative estimate of drug-likeness (QED) is 0.757. The Morgan fingerprint density at radius 2 is 1.27 bits per heavy atom. The van der Waals surface area contributed by atoms with Crippen molar-refractivity contribution in [2.75, 3.05) is 0 Å². The van der Waals surface area contributed by atoms with Crippen LogP contribution in [0.5, 0.6) is 0 Å². The van der Waals surface area contributed by atoms with E-state index in [1.807, 2.05) is 24.3 Å². The largest absolute Gasteiger partial charge is 0.464 e. The fourth-order valence-corrected chi connectivity index (χ4v) is 2.55. The summed E-state index contributed by atoms with van der Waals surface area (Å²) < 4.78 is 11.7. The molecule has 0 aliphatic rings. The van der Waals surface area contributed by atoms with Crippen LogP contribution in [-0.2, 0) is 13.1 Å². The van der Waals surface area contributed by atoms with Crippen LogP contribution in [0.4, 0.5) is 0 Å². The average Bonchev–Trinajstić information content (AvgIpc) is 3.19. The maximum absolute atomic E-state index is 5.86. The number of hydrogen-bond acceptors (Lipinski definition) is 4. The molecule has 4 heteroatoms. The molecule has 3 rings (SSSR count). The molecule has 0 atom stereocenters. The monoisotopic (exact) mass is 296 g/mol. The third-order valence-electron chi connectivity index (χ3n) is 3.75. The van der Waals surface area contributed by atoms with Gasteiger partial charge in [0, 0.05) is 0 Å². The van der Waals surface area contributed by atoms with Crippen LogP contribution in [0, 0.1) is 6.92 Å². The van der Waals surface area contributed by atoms with Crippen LogP contribution in [0.15, 0.2) is 57.4 Å². The minimum Gasteiger partial charge on any atom is -0.464 e. The first-order chi connectivity index (χ1) is 10.7. The Kier molecular flexibility index (Phi) is 4.13. The minimum absolute atomic E-state index is 0.0961. The third-order valence-corrected chi connectivity index (χ3v) is 3.75. The maximum Gasteiger partial charge on any atom is 0.119 e. The topological polar surface area (TPSA) is 78.3 Å². The van der Waals surface area contributed by atoms with Gasteiger partial charge in [0.1, 0.15) is 29.0 Å². The molecule has 0 saturated heterocycles. The van der Waals surface area contributed by atoms with Gasteiger partial charge in [0.2, 0.25) is 0 Å². The van der Waals surface area contributed by atoms with Crippen molar-refractivity contribution >= 4 is 0 Å². The molecular weight excluding hydrogens is 276 g/mol. The lowest BCUT2D eigenvalue weighted by Gasteiger charge is -2.13. The van der Waals surface area contributed by atoms with Crippen molar-refractivity contribution in [3.8, 4) is 0 Å². The summed E-state index contributed by atoms with van der Waals surface area (Å²) >= 11 is 0. The molecule has 0 saturated carbocycles. The smallest absolute Gasteiger partial charge is 0.119 e. The van der Waals surface area contributed by atoms with E-state index in [0.29, 0.717) is 13.1 Å². The lowest BCUT2D eigenvalue weighted by molar-refractivity contribution is 0.415. The highest BCUT2D eigenvalue weighted by Gasteiger charge is 2.23. The summed E-state index contributed by atoms with van der Waals surface area (Å²) in [4.78, 5) is 0. The van der Waals surface area contributed by atoms with Gasteiger partial charge in [-0.2, -0.15) is 0 Å². The summed E-state index contributed by atoms with van der Waals surface area (Å²) in [6.07, 6.45) is 0. The van der Waals surface area contributed by atoms with Crippen LogP contribution in [0.2, 0.25) is 0 Å². The highest BCUT2D eigenvalue weighted by Crippen LogP contribution is 2.34. The Labute approximate surface area is 129 Å². The number of rotatable bonds is 5. The molecule has 0 radical (unpaired) electrons. The predicted molar refractivity (Wildman–Crippen MR) is 85.3 cm³/mol. The fourth-order valence-electron chi connectivity index (χ4n) is 2.55. The second kappa shape index (κ2) is 6.22. The van der Waals surface area contributed by atoms with Crippen molar-refractivity contribution in [1.29, 1.82) is 0 Å². The Bertz CT molecular complexity index is 698. The molecule has 1 aromatic carbocycles. The molecule has 0 aliphatic carbocycles. The molecule has 22 heavy (non-hydrogen) atoms. The summed E-state index contributed by atoms with van der Waals surface area (Å²) in [6, 6.07) is 16.1. The van der Waals surface area contributed by atoms with Crippen molar-refractivity contribution in [3.05, 3.63) is 82.7 Å². The van der Waals surface area contributed by atoms with E-state index in [1.54, 1.807) is 0 Å². The molecule has 0 bridgehead atoms. The van der Waals surface area contributed by atoms with Crippen molar-refractivity contribution in [2.24, 2.45) is 11.5 Å². The molecule has 0 aliphatic heterocycles. The molecule has 0 amide bonds. The van der Waals surface area contributed by atoms with Gasteiger partial charge in [-0.3, -0.25) is 0 Å². The Morgan fingerprint density at radius 1 is 0.773 bits per heavy atom. The van der Waals surface area contributed by atoms with Crippen LogP contribution in [0.25, 0.3) is 0 Å². The Balaban J connectivity index is 2.06. The lowest BCUT2D eigenvalue weighted by Crippen LogP contribution is -2.02. The summed E-state index contributed by atoms with van der Waals surface area (Å²) in [5.74, 6) is 3.07. The van der Waals surface area contributed by atoms with E-state index in [2.05, 4.69) is 31.2 Å². The average molecular weight is 296 g/mol. The van der Waals surface area contributed by atoms with Crippen molar-refractivity contribution < 1.29 is 8.83 Å². The zero-order chi connectivity index (χ0) is 15.5. The fraction of sp³-hybridized carbons (Fsp3) is 0.222. The van der Waals surface area contributed by atoms with Crippen molar-refractivity contribution in [3.63, 3.8) is 0 Å². The van der Waals surface area contributed by atoms with E-state index in [0.717, 1.165) is 28.6 Å². The first-order valence-corrected chi connectivity index (χ1v) is 7.35. The maximum atomic E-state index is 5.86. The second-order valence-electron chi connectivity index (χ2n) is 5.36. The molecule has 0 fully saturated rings. The molecule has 114 valence electrons. The van der Waals surface area contributed by atoms with Crippen LogP contribution in [0.1, 0.15) is 40.1 Å². The van der Waals surface area contributed by atoms with E-state index >= 15 is 0 Å². The number of hydrogen-bond donors (Lipinski definition) is 2. The van der Waals surface area contributed by atoms with E-state index in [4.69, 9.17) is 20.3 Å². The molecule has 2 heterocycles. The summed E-state index contributed by atoms with van der Waals surface area (Å²) in [6.45, 7) is 2.83. The van der Waals surface area contributed by atoms with Crippen LogP contribution in [0.3, 0.4) is 0 Å². The van der Waals surface area contributed by atoms with Gasteiger partial charge >= 0.3 is 0 Å². The van der Waals surface area contributed by atoms with Crippen molar-refractivity contribution in [2.45, 2.75) is 25.9 Å². The standard InChI is InChI=1S/C18H20N2O2/c1-12-2-4-13(5-3-12)18(16-8-6-14(10-19)21-16)17-9-7-15(11-20)22-17/h2-9,18H,10-11,19-20H2,1H3. The van der Waals surface area contributed by atoms with Gasteiger partial charge in [0.05, 0.1) is 13.1 Å². The van der Waals surface area contributed by atoms with Gasteiger partial charge in [-0.05, 0) is 36.8 Å². The Hall–Kier alpha value is -2.30. The van der Waals surface area contributed by atoms with Gasteiger partial charge in [-0.15, -0.1) is 0 Å². The van der Waals surface area contributed by atoms with Crippen LogP contribution < -0.4 is 11.5 Å². The third kappa shape index (κ3) is 2.84. The summed E-state index contributed by atoms with van der Waals surface area (Å²) in [5, 5.41) is 0. The second-order valence-corrected chi connectivity index (χ2v) is 5.36. The molecule has 0 spiro atoms. The highest BCUT2D eigenvalue weighted by molar-refractivity contribution is 5.37. The minimum atomic E-state index is -0.0961. The summed E-state index contributed by atoms with van der Waals surface area (Å²) in [7, 11) is 0. The molecule has 4 nitrogen and oxygen atoms in total. The summed E-state index contributed by atoms with van der Waals surface area (Å²) in [5.41, 5.74) is 13.6. The number of furan rings is 2. The first kappa shape index (κ1) is 14.6. The Morgan fingerprint density at radius 3 is 1.68 bits per heavy atom. The number of nitrogens with two attached hydrogens (primary N) is 2. The molecule has 2 aromatic heterocycles. The van der Waals surface area contributed by atoms with E-state index in [-0.39, 0.29) is 5.92 Å². The lowest BCUT2D eigenvalue weighted by atomic mass is 9.93. The molecular formula is C18H20N2O2. The van der Waals surface area contributed by atoms with Gasteiger partial charge in [0.25, 0.3) is 0 Å². The SMILES string of the molecule is Cc1ccc(C(c2ccc(CN)o2)c2ccc(CN)o2)cc1. The number of aryl methyl sites for hydroxylation is 1. The molecule has 3 aromatic rings. The van der Waals surface area contributed by atoms with E-state index < -0.39 is 0 Å². The van der Waals surface area contributed by atoms with Crippen LogP contribution in [-0.4, -0.2) is 0 Å². The zero-order valence-electron chi connectivity index (χ0n) is 12.6. The van der Waals surface area contributed by atoms with Gasteiger partial charge in [-0.25, -0.2) is 0 Å². The normalized spacial score (nSPS) is 11.3. The predicted octanol–water partition coefficient (Wildman–Crippen LogP) is 3.28. The molecule has 0 unspecified atom stereocenters. The van der Waals surface area contributed by atoms with E-state index in [1.165, 1.54) is 5.56 Å². The van der Waals surface area contributed by atoms with Crippen LogP contribution >= 0.6 is 0 Å². The first-order valence-electron chi connectivity index (χ1n) is 7.35. The van der Waals surface area contributed by atoms with E-state index in [9.17, 15) is 0 Å².